The minimum Gasteiger partial charge on any atom is -0.316 e. The molecular formula is C13H22Cl2N4OS. The molecular weight excluding hydrogens is 331 g/mol. The first-order valence-corrected chi connectivity index (χ1v) is 7.80. The first kappa shape index (κ1) is 18.6. The Morgan fingerprint density at radius 3 is 3.00 bits per heavy atom. The summed E-state index contributed by atoms with van der Waals surface area (Å²) in [6.07, 6.45) is 1.93. The van der Waals surface area contributed by atoms with Crippen LogP contribution in [0.4, 0.5) is 5.13 Å². The Kier molecular flexibility index (Phi) is 7.36. The maximum atomic E-state index is 12.1. The molecule has 3 heterocycles. The van der Waals surface area contributed by atoms with E-state index in [1.54, 1.807) is 11.3 Å². The number of hydrogen-bond acceptors (Lipinski definition) is 5. The van der Waals surface area contributed by atoms with Crippen LogP contribution in [0.1, 0.15) is 23.9 Å². The van der Waals surface area contributed by atoms with E-state index in [0.717, 1.165) is 50.7 Å². The van der Waals surface area contributed by atoms with Crippen molar-refractivity contribution in [3.05, 3.63) is 10.6 Å². The quantitative estimate of drug-likeness (QED) is 0.872. The molecule has 2 N–H and O–H groups in total. The average molecular weight is 353 g/mol. The van der Waals surface area contributed by atoms with Gasteiger partial charge in [-0.25, -0.2) is 4.98 Å². The van der Waals surface area contributed by atoms with Gasteiger partial charge in [0.05, 0.1) is 11.6 Å². The van der Waals surface area contributed by atoms with Crippen LogP contribution in [-0.2, 0) is 17.8 Å². The zero-order valence-corrected chi connectivity index (χ0v) is 14.5. The molecule has 0 radical (unpaired) electrons. The van der Waals surface area contributed by atoms with E-state index in [-0.39, 0.29) is 36.6 Å². The number of aromatic nitrogens is 1. The minimum absolute atomic E-state index is 0. The standard InChI is InChI=1S/C13H20N4OS.2ClH/c1-2-17-6-4-10-11(8-17)19-13(15-10)16-12(18)9-3-5-14-7-9;;/h9,14H,2-8H2,1H3,(H,15,16,18);2*1H. The minimum atomic E-state index is 0. The third-order valence-electron chi connectivity index (χ3n) is 3.92. The molecule has 120 valence electrons. The average Bonchev–Trinajstić information content (AvgIpc) is 3.06. The molecule has 1 aromatic heterocycles. The highest BCUT2D eigenvalue weighted by Crippen LogP contribution is 2.28. The van der Waals surface area contributed by atoms with Crippen LogP contribution < -0.4 is 10.6 Å². The van der Waals surface area contributed by atoms with Crippen molar-refractivity contribution in [1.82, 2.24) is 15.2 Å². The van der Waals surface area contributed by atoms with Crippen molar-refractivity contribution in [2.75, 3.05) is 31.5 Å². The third-order valence-corrected chi connectivity index (χ3v) is 4.92. The maximum Gasteiger partial charge on any atom is 0.230 e. The van der Waals surface area contributed by atoms with Crippen LogP contribution in [0.3, 0.4) is 0 Å². The van der Waals surface area contributed by atoms with Gasteiger partial charge in [0.25, 0.3) is 0 Å². The number of amides is 1. The highest BCUT2D eigenvalue weighted by molar-refractivity contribution is 7.15. The Balaban J connectivity index is 0.00000110. The number of fused-ring (bicyclic) bond motifs is 1. The van der Waals surface area contributed by atoms with Gasteiger partial charge in [-0.3, -0.25) is 9.69 Å². The molecule has 2 aliphatic heterocycles. The van der Waals surface area contributed by atoms with E-state index in [0.29, 0.717) is 0 Å². The lowest BCUT2D eigenvalue weighted by Gasteiger charge is -2.23. The maximum absolute atomic E-state index is 12.1. The number of carbonyl (C=O) groups excluding carboxylic acids is 1. The lowest BCUT2D eigenvalue weighted by Crippen LogP contribution is -2.29. The SMILES string of the molecule is CCN1CCc2nc(NC(=O)C3CCNC3)sc2C1.Cl.Cl. The summed E-state index contributed by atoms with van der Waals surface area (Å²) < 4.78 is 0. The van der Waals surface area contributed by atoms with Crippen LogP contribution in [0.25, 0.3) is 0 Å². The highest BCUT2D eigenvalue weighted by Gasteiger charge is 2.25. The smallest absolute Gasteiger partial charge is 0.230 e. The monoisotopic (exact) mass is 352 g/mol. The number of rotatable bonds is 3. The fraction of sp³-hybridized carbons (Fsp3) is 0.692. The highest BCUT2D eigenvalue weighted by atomic mass is 35.5. The van der Waals surface area contributed by atoms with Crippen molar-refractivity contribution in [3.63, 3.8) is 0 Å². The summed E-state index contributed by atoms with van der Waals surface area (Å²) in [7, 11) is 0. The second-order valence-corrected chi connectivity index (χ2v) is 6.27. The van der Waals surface area contributed by atoms with Crippen LogP contribution in [0.2, 0.25) is 0 Å². The van der Waals surface area contributed by atoms with E-state index < -0.39 is 0 Å². The van der Waals surface area contributed by atoms with Crippen LogP contribution >= 0.6 is 36.2 Å². The van der Waals surface area contributed by atoms with E-state index in [1.807, 2.05) is 0 Å². The van der Waals surface area contributed by atoms with Gasteiger partial charge in [0.15, 0.2) is 5.13 Å². The fourth-order valence-electron chi connectivity index (χ4n) is 2.66. The van der Waals surface area contributed by atoms with Crippen molar-refractivity contribution in [2.45, 2.75) is 26.3 Å². The molecule has 8 heteroatoms. The Morgan fingerprint density at radius 2 is 2.33 bits per heavy atom. The molecule has 2 aliphatic rings. The normalized spacial score (nSPS) is 21.1. The zero-order valence-electron chi connectivity index (χ0n) is 12.1. The van der Waals surface area contributed by atoms with Gasteiger partial charge in [0.2, 0.25) is 5.91 Å². The number of thiazole rings is 1. The molecule has 3 rings (SSSR count). The summed E-state index contributed by atoms with van der Waals surface area (Å²) in [5, 5.41) is 6.98. The van der Waals surface area contributed by atoms with Gasteiger partial charge in [-0.05, 0) is 19.5 Å². The predicted octanol–water partition coefficient (Wildman–Crippen LogP) is 1.91. The molecule has 1 atom stereocenters. The summed E-state index contributed by atoms with van der Waals surface area (Å²) in [6.45, 7) is 7.05. The number of likely N-dealkylation sites (N-methyl/N-ethyl adjacent to an activating group) is 1. The first-order chi connectivity index (χ1) is 9.26. The summed E-state index contributed by atoms with van der Waals surface area (Å²) in [5.74, 6) is 0.219. The topological polar surface area (TPSA) is 57.3 Å². The molecule has 1 unspecified atom stereocenters. The number of hydrogen-bond donors (Lipinski definition) is 2. The number of halogens is 2. The number of carbonyl (C=O) groups is 1. The molecule has 1 fully saturated rings. The molecule has 1 saturated heterocycles. The molecule has 0 spiro atoms. The molecule has 0 aromatic carbocycles. The number of nitrogens with zero attached hydrogens (tertiary/aromatic N) is 2. The number of anilines is 1. The van der Waals surface area contributed by atoms with Crippen LogP contribution in [0.15, 0.2) is 0 Å². The van der Waals surface area contributed by atoms with Gasteiger partial charge in [0, 0.05) is 30.9 Å². The van der Waals surface area contributed by atoms with Crippen molar-refractivity contribution in [3.8, 4) is 0 Å². The Labute approximate surface area is 141 Å². The van der Waals surface area contributed by atoms with Gasteiger partial charge in [-0.1, -0.05) is 6.92 Å². The van der Waals surface area contributed by atoms with E-state index in [2.05, 4.69) is 27.4 Å². The molecule has 0 bridgehead atoms. The van der Waals surface area contributed by atoms with Gasteiger partial charge in [-0.15, -0.1) is 36.2 Å². The van der Waals surface area contributed by atoms with Crippen LogP contribution in [0, 0.1) is 5.92 Å². The summed E-state index contributed by atoms with van der Waals surface area (Å²) in [6, 6.07) is 0. The largest absolute Gasteiger partial charge is 0.316 e. The lowest BCUT2D eigenvalue weighted by molar-refractivity contribution is -0.119. The molecule has 1 amide bonds. The molecule has 21 heavy (non-hydrogen) atoms. The van der Waals surface area contributed by atoms with Crippen molar-refractivity contribution in [2.24, 2.45) is 5.92 Å². The van der Waals surface area contributed by atoms with Crippen molar-refractivity contribution in [1.29, 1.82) is 0 Å². The Bertz CT molecular complexity index is 477. The number of nitrogens with one attached hydrogen (secondary N) is 2. The van der Waals surface area contributed by atoms with E-state index in [9.17, 15) is 4.79 Å². The van der Waals surface area contributed by atoms with Crippen LogP contribution in [0.5, 0.6) is 0 Å². The molecule has 5 nitrogen and oxygen atoms in total. The summed E-state index contributed by atoms with van der Waals surface area (Å²) in [5.41, 5.74) is 1.18. The molecule has 1 aromatic rings. The summed E-state index contributed by atoms with van der Waals surface area (Å²) in [4.78, 5) is 20.3. The molecule has 0 saturated carbocycles. The lowest BCUT2D eigenvalue weighted by atomic mass is 10.1. The predicted molar refractivity (Wildman–Crippen MR) is 90.9 cm³/mol. The first-order valence-electron chi connectivity index (χ1n) is 6.98. The second kappa shape index (κ2) is 8.29. The van der Waals surface area contributed by atoms with Gasteiger partial charge in [0.1, 0.15) is 0 Å². The molecule has 0 aliphatic carbocycles. The van der Waals surface area contributed by atoms with Crippen molar-refractivity contribution < 1.29 is 4.79 Å². The third kappa shape index (κ3) is 4.29. The Hall–Kier alpha value is -0.400. The van der Waals surface area contributed by atoms with Gasteiger partial charge < -0.3 is 10.6 Å². The van der Waals surface area contributed by atoms with E-state index in [4.69, 9.17) is 0 Å². The Morgan fingerprint density at radius 1 is 1.52 bits per heavy atom. The zero-order chi connectivity index (χ0) is 13.2. The fourth-order valence-corrected chi connectivity index (χ4v) is 3.71. The van der Waals surface area contributed by atoms with Crippen molar-refractivity contribution >= 4 is 47.2 Å². The van der Waals surface area contributed by atoms with Gasteiger partial charge in [-0.2, -0.15) is 0 Å². The van der Waals surface area contributed by atoms with Gasteiger partial charge >= 0.3 is 0 Å². The second-order valence-electron chi connectivity index (χ2n) is 5.19. The summed E-state index contributed by atoms with van der Waals surface area (Å²) >= 11 is 1.64. The van der Waals surface area contributed by atoms with E-state index in [1.165, 1.54) is 10.6 Å². The van der Waals surface area contributed by atoms with E-state index >= 15 is 0 Å². The van der Waals surface area contributed by atoms with Crippen LogP contribution in [-0.4, -0.2) is 42.0 Å².